The molecule has 0 aromatic heterocycles. The molecule has 29 heavy (non-hydrogen) atoms. The molecule has 0 atom stereocenters. The summed E-state index contributed by atoms with van der Waals surface area (Å²) in [6, 6.07) is 8.00. The van der Waals surface area contributed by atoms with Crippen LogP contribution < -0.4 is 0 Å². The predicted octanol–water partition coefficient (Wildman–Crippen LogP) is 9.69. The van der Waals surface area contributed by atoms with Crippen LogP contribution in [0.25, 0.3) is 0 Å². The van der Waals surface area contributed by atoms with E-state index in [0.29, 0.717) is 11.1 Å². The van der Waals surface area contributed by atoms with Crippen molar-refractivity contribution in [3.8, 4) is 0 Å². The summed E-state index contributed by atoms with van der Waals surface area (Å²) in [5, 5.41) is 0. The molecule has 0 fully saturated rings. The van der Waals surface area contributed by atoms with Gasteiger partial charge in [0.1, 0.15) is 0 Å². The molecule has 2 aromatic rings. The van der Waals surface area contributed by atoms with E-state index in [0.717, 1.165) is 24.3 Å². The molecular formula is C17H8Br6F6. The van der Waals surface area contributed by atoms with Crippen molar-refractivity contribution >= 4 is 95.6 Å². The molecule has 2 rings (SSSR count). The Hall–Kier alpha value is 0.900. The van der Waals surface area contributed by atoms with Crippen molar-refractivity contribution in [3.63, 3.8) is 0 Å². The topological polar surface area (TPSA) is 0 Å². The molecule has 0 bridgehead atoms. The molecule has 12 heteroatoms. The maximum atomic E-state index is 14.1. The van der Waals surface area contributed by atoms with Gasteiger partial charge in [0.05, 0.1) is 0 Å². The SMILES string of the molecule is FC(F)(F)C(c1ccc(C(Br)(Br)Br)cc1)(c1ccc(C(Br)(Br)Br)cc1)C(F)(F)F. The van der Waals surface area contributed by atoms with E-state index in [1.807, 2.05) is 0 Å². The standard InChI is InChI=1S/C17H8Br6F6/c18-14(19,20)11-5-1-9(2-6-11)13(16(24,25)26,17(27,28)29)10-3-7-12(8-4-10)15(21,22)23/h1-8H. The third-order valence-electron chi connectivity index (χ3n) is 4.14. The van der Waals surface area contributed by atoms with Gasteiger partial charge in [0.25, 0.3) is 0 Å². The van der Waals surface area contributed by atoms with Crippen molar-refractivity contribution in [2.45, 2.75) is 22.1 Å². The molecule has 0 radical (unpaired) electrons. The molecule has 0 aliphatic heterocycles. The van der Waals surface area contributed by atoms with Crippen LogP contribution in [-0.4, -0.2) is 12.4 Å². The Morgan fingerprint density at radius 2 is 0.621 bits per heavy atom. The van der Waals surface area contributed by atoms with E-state index in [-0.39, 0.29) is 0 Å². The van der Waals surface area contributed by atoms with Crippen molar-refractivity contribution in [1.29, 1.82) is 0 Å². The van der Waals surface area contributed by atoms with Crippen LogP contribution in [-0.2, 0) is 9.70 Å². The Morgan fingerprint density at radius 1 is 0.414 bits per heavy atom. The molecular weight excluding hydrogens is 798 g/mol. The van der Waals surface area contributed by atoms with Crippen molar-refractivity contribution in [1.82, 2.24) is 0 Å². The largest absolute Gasteiger partial charge is 0.411 e. The van der Waals surface area contributed by atoms with E-state index in [2.05, 4.69) is 95.6 Å². The first-order valence-electron chi connectivity index (χ1n) is 7.41. The third-order valence-corrected chi connectivity index (χ3v) is 6.89. The second-order valence-corrected chi connectivity index (χ2v) is 19.4. The van der Waals surface area contributed by atoms with Gasteiger partial charge >= 0.3 is 12.4 Å². The van der Waals surface area contributed by atoms with Crippen LogP contribution >= 0.6 is 95.6 Å². The molecule has 160 valence electrons. The lowest BCUT2D eigenvalue weighted by molar-refractivity contribution is -0.288. The fourth-order valence-electron chi connectivity index (χ4n) is 2.80. The molecule has 0 unspecified atom stereocenters. The van der Waals surface area contributed by atoms with Gasteiger partial charge in [0.2, 0.25) is 5.41 Å². The second-order valence-electron chi connectivity index (χ2n) is 5.90. The number of hydrogen-bond donors (Lipinski definition) is 0. The van der Waals surface area contributed by atoms with Gasteiger partial charge in [-0.1, -0.05) is 144 Å². The van der Waals surface area contributed by atoms with Crippen molar-refractivity contribution in [2.24, 2.45) is 0 Å². The van der Waals surface area contributed by atoms with Crippen LogP contribution in [0.1, 0.15) is 22.3 Å². The van der Waals surface area contributed by atoms with Gasteiger partial charge in [0.15, 0.2) is 4.29 Å². The zero-order valence-corrected chi connectivity index (χ0v) is 23.2. The summed E-state index contributed by atoms with van der Waals surface area (Å²) in [5.74, 6) is 0. The van der Waals surface area contributed by atoms with Gasteiger partial charge in [-0.15, -0.1) is 0 Å². The van der Waals surface area contributed by atoms with Gasteiger partial charge in [0, 0.05) is 0 Å². The maximum Gasteiger partial charge on any atom is 0.411 e. The van der Waals surface area contributed by atoms with E-state index in [1.165, 1.54) is 24.3 Å². The van der Waals surface area contributed by atoms with Crippen molar-refractivity contribution in [3.05, 3.63) is 70.8 Å². The fourth-order valence-corrected chi connectivity index (χ4v) is 4.39. The van der Waals surface area contributed by atoms with Gasteiger partial charge < -0.3 is 0 Å². The Kier molecular flexibility index (Phi) is 7.83. The Bertz CT molecular complexity index is 771. The smallest absolute Gasteiger partial charge is 0.169 e. The molecule has 0 amide bonds. The molecule has 2 aromatic carbocycles. The van der Waals surface area contributed by atoms with Crippen LogP contribution in [0.2, 0.25) is 0 Å². The van der Waals surface area contributed by atoms with E-state index in [4.69, 9.17) is 0 Å². The van der Waals surface area contributed by atoms with E-state index in [9.17, 15) is 26.3 Å². The van der Waals surface area contributed by atoms with Crippen LogP contribution in [0.15, 0.2) is 48.5 Å². The summed E-state index contributed by atoms with van der Waals surface area (Å²) < 4.78 is 82.9. The van der Waals surface area contributed by atoms with Gasteiger partial charge in [-0.25, -0.2) is 0 Å². The first-order chi connectivity index (χ1) is 12.9. The monoisotopic (exact) mass is 800 g/mol. The highest BCUT2D eigenvalue weighted by Gasteiger charge is 2.72. The molecule has 0 nitrogen and oxygen atoms in total. The number of alkyl halides is 12. The minimum atomic E-state index is -5.64. The van der Waals surface area contributed by atoms with E-state index < -0.39 is 33.2 Å². The maximum absolute atomic E-state index is 14.1. The minimum absolute atomic E-state index is 0.387. The lowest BCUT2D eigenvalue weighted by Gasteiger charge is -2.38. The summed E-state index contributed by atoms with van der Waals surface area (Å²) in [6.07, 6.45) is -11.3. The average Bonchev–Trinajstić information content (AvgIpc) is 2.52. The third kappa shape index (κ3) is 5.29. The van der Waals surface area contributed by atoms with E-state index >= 15 is 0 Å². The zero-order chi connectivity index (χ0) is 22.5. The van der Waals surface area contributed by atoms with Crippen LogP contribution in [0.5, 0.6) is 0 Å². The van der Waals surface area contributed by atoms with Crippen LogP contribution in [0.4, 0.5) is 26.3 Å². The lowest BCUT2D eigenvalue weighted by Crippen LogP contribution is -2.54. The normalized spacial score (nSPS) is 14.2. The Morgan fingerprint density at radius 3 is 0.793 bits per heavy atom. The average molecular weight is 806 g/mol. The highest BCUT2D eigenvalue weighted by atomic mass is 80.0. The molecule has 0 aliphatic rings. The number of benzene rings is 2. The Labute approximate surface area is 213 Å². The second kappa shape index (κ2) is 8.68. The highest BCUT2D eigenvalue weighted by molar-refractivity contribution is 9.39. The molecule has 0 saturated carbocycles. The number of halogens is 12. The fraction of sp³-hybridized carbons (Fsp3) is 0.294. The summed E-state index contributed by atoms with van der Waals surface area (Å²) in [6.45, 7) is 0. The van der Waals surface area contributed by atoms with Gasteiger partial charge in [-0.2, -0.15) is 26.3 Å². The van der Waals surface area contributed by atoms with Crippen LogP contribution in [0.3, 0.4) is 0 Å². The number of hydrogen-bond acceptors (Lipinski definition) is 0. The van der Waals surface area contributed by atoms with Crippen molar-refractivity contribution in [2.75, 3.05) is 0 Å². The first kappa shape index (κ1) is 26.2. The van der Waals surface area contributed by atoms with Gasteiger partial charge in [-0.3, -0.25) is 0 Å². The first-order valence-corrected chi connectivity index (χ1v) is 12.2. The summed E-state index contributed by atoms with van der Waals surface area (Å²) >= 11 is 19.1. The van der Waals surface area contributed by atoms with E-state index in [1.54, 1.807) is 0 Å². The summed E-state index contributed by atoms with van der Waals surface area (Å²) in [7, 11) is 0. The number of rotatable bonds is 2. The lowest BCUT2D eigenvalue weighted by atomic mass is 9.72. The molecule has 0 heterocycles. The van der Waals surface area contributed by atoms with Crippen molar-refractivity contribution < 1.29 is 26.3 Å². The summed E-state index contributed by atoms with van der Waals surface area (Å²) in [4.78, 5) is 0. The molecule has 0 N–H and O–H groups in total. The molecule has 0 spiro atoms. The molecule has 0 aliphatic carbocycles. The quantitative estimate of drug-likeness (QED) is 0.210. The summed E-state index contributed by atoms with van der Waals surface area (Å²) in [5.41, 5.74) is -5.30. The van der Waals surface area contributed by atoms with Gasteiger partial charge in [-0.05, 0) is 22.3 Å². The predicted molar refractivity (Wildman–Crippen MR) is 123 cm³/mol. The molecule has 0 saturated heterocycles. The zero-order valence-electron chi connectivity index (χ0n) is 13.7. The minimum Gasteiger partial charge on any atom is -0.169 e. The van der Waals surface area contributed by atoms with Crippen LogP contribution in [0, 0.1) is 0 Å². The Balaban J connectivity index is 2.80. The highest BCUT2D eigenvalue weighted by Crippen LogP contribution is 2.57.